The molecule has 1 aliphatic rings. The van der Waals surface area contributed by atoms with Gasteiger partial charge in [-0.05, 0) is 43.0 Å². The van der Waals surface area contributed by atoms with Crippen molar-refractivity contribution in [2.45, 2.75) is 37.6 Å². The van der Waals surface area contributed by atoms with Crippen molar-refractivity contribution >= 4 is 10.8 Å². The molecular weight excluding hydrogens is 246 g/mol. The molecule has 0 bridgehead atoms. The Balaban J connectivity index is 1.90. The van der Waals surface area contributed by atoms with Gasteiger partial charge < -0.3 is 10.5 Å². The van der Waals surface area contributed by atoms with Crippen LogP contribution in [0.1, 0.15) is 32.3 Å². The van der Waals surface area contributed by atoms with Crippen molar-refractivity contribution in [1.29, 1.82) is 0 Å². The van der Waals surface area contributed by atoms with Crippen LogP contribution in [-0.4, -0.2) is 18.8 Å². The van der Waals surface area contributed by atoms with Crippen molar-refractivity contribution in [2.24, 2.45) is 5.73 Å². The molecular formula is C18H23NO. The van der Waals surface area contributed by atoms with E-state index >= 15 is 0 Å². The number of fused-ring (bicyclic) bond motifs is 1. The zero-order valence-corrected chi connectivity index (χ0v) is 12.4. The van der Waals surface area contributed by atoms with Crippen molar-refractivity contribution in [1.82, 2.24) is 0 Å². The zero-order chi connectivity index (χ0) is 14.2. The molecule has 2 N–H and O–H groups in total. The third-order valence-electron chi connectivity index (χ3n) is 4.37. The maximum atomic E-state index is 6.15. The van der Waals surface area contributed by atoms with Crippen LogP contribution < -0.4 is 5.73 Å². The second-order valence-corrected chi connectivity index (χ2v) is 6.82. The second kappa shape index (κ2) is 4.87. The summed E-state index contributed by atoms with van der Waals surface area (Å²) in [5.74, 6) is 0. The Kier molecular flexibility index (Phi) is 3.31. The SMILES string of the molecule is CC(C)(N)CCC1(c2ccc3ccccc3c2)COC1. The van der Waals surface area contributed by atoms with Crippen molar-refractivity contribution in [3.8, 4) is 0 Å². The fourth-order valence-electron chi connectivity index (χ4n) is 2.88. The summed E-state index contributed by atoms with van der Waals surface area (Å²) in [6, 6.07) is 15.3. The van der Waals surface area contributed by atoms with Gasteiger partial charge in [0.15, 0.2) is 0 Å². The highest BCUT2D eigenvalue weighted by Crippen LogP contribution is 2.39. The number of benzene rings is 2. The molecule has 2 aromatic carbocycles. The maximum absolute atomic E-state index is 6.15. The van der Waals surface area contributed by atoms with E-state index in [0.29, 0.717) is 0 Å². The zero-order valence-electron chi connectivity index (χ0n) is 12.4. The van der Waals surface area contributed by atoms with Gasteiger partial charge in [-0.25, -0.2) is 0 Å². The standard InChI is InChI=1S/C18H23NO/c1-17(2,19)9-10-18(12-20-13-18)16-8-7-14-5-3-4-6-15(14)11-16/h3-8,11H,9-10,12-13,19H2,1-2H3. The van der Waals surface area contributed by atoms with Crippen LogP contribution in [0.4, 0.5) is 0 Å². The van der Waals surface area contributed by atoms with Crippen molar-refractivity contribution in [3.05, 3.63) is 48.0 Å². The van der Waals surface area contributed by atoms with E-state index in [1.54, 1.807) is 0 Å². The molecule has 1 fully saturated rings. The first-order valence-electron chi connectivity index (χ1n) is 7.35. The summed E-state index contributed by atoms with van der Waals surface area (Å²) in [6.45, 7) is 5.84. The highest BCUT2D eigenvalue weighted by molar-refractivity contribution is 5.83. The lowest BCUT2D eigenvalue weighted by atomic mass is 9.72. The van der Waals surface area contributed by atoms with Gasteiger partial charge in [0, 0.05) is 11.0 Å². The Morgan fingerprint density at radius 2 is 1.80 bits per heavy atom. The fraction of sp³-hybridized carbons (Fsp3) is 0.444. The van der Waals surface area contributed by atoms with E-state index in [1.807, 2.05) is 0 Å². The van der Waals surface area contributed by atoms with Crippen molar-refractivity contribution in [3.63, 3.8) is 0 Å². The molecule has 106 valence electrons. The summed E-state index contributed by atoms with van der Waals surface area (Å²) in [5.41, 5.74) is 7.60. The van der Waals surface area contributed by atoms with Crippen molar-refractivity contribution < 1.29 is 4.74 Å². The molecule has 0 spiro atoms. The van der Waals surface area contributed by atoms with Gasteiger partial charge in [-0.3, -0.25) is 0 Å². The molecule has 1 heterocycles. The van der Waals surface area contributed by atoms with Gasteiger partial charge in [0.1, 0.15) is 0 Å². The Bertz CT molecular complexity index is 608. The van der Waals surface area contributed by atoms with Gasteiger partial charge in [-0.1, -0.05) is 42.5 Å². The Labute approximate surface area is 120 Å². The summed E-state index contributed by atoms with van der Waals surface area (Å²) >= 11 is 0. The van der Waals surface area contributed by atoms with Gasteiger partial charge in [0.2, 0.25) is 0 Å². The van der Waals surface area contributed by atoms with E-state index in [1.165, 1.54) is 16.3 Å². The quantitative estimate of drug-likeness (QED) is 0.920. The Morgan fingerprint density at radius 1 is 1.10 bits per heavy atom. The number of rotatable bonds is 4. The molecule has 0 aromatic heterocycles. The lowest BCUT2D eigenvalue weighted by Crippen LogP contribution is -2.48. The van der Waals surface area contributed by atoms with Gasteiger partial charge in [-0.2, -0.15) is 0 Å². The number of nitrogens with two attached hydrogens (primary N) is 1. The fourth-order valence-corrected chi connectivity index (χ4v) is 2.88. The number of ether oxygens (including phenoxy) is 1. The van der Waals surface area contributed by atoms with Crippen molar-refractivity contribution in [2.75, 3.05) is 13.2 Å². The highest BCUT2D eigenvalue weighted by Gasteiger charge is 2.40. The third-order valence-corrected chi connectivity index (χ3v) is 4.37. The first kappa shape index (κ1) is 13.6. The Morgan fingerprint density at radius 3 is 2.40 bits per heavy atom. The molecule has 0 radical (unpaired) electrons. The summed E-state index contributed by atoms with van der Waals surface area (Å²) in [6.07, 6.45) is 2.11. The minimum Gasteiger partial charge on any atom is -0.379 e. The van der Waals surface area contributed by atoms with Crippen LogP contribution in [0.2, 0.25) is 0 Å². The normalized spacial score (nSPS) is 17.9. The topological polar surface area (TPSA) is 35.2 Å². The summed E-state index contributed by atoms with van der Waals surface area (Å²) in [7, 11) is 0. The van der Waals surface area contributed by atoms with Gasteiger partial charge >= 0.3 is 0 Å². The van der Waals surface area contributed by atoms with E-state index < -0.39 is 0 Å². The molecule has 0 unspecified atom stereocenters. The molecule has 0 atom stereocenters. The maximum Gasteiger partial charge on any atom is 0.0585 e. The molecule has 2 heteroatoms. The monoisotopic (exact) mass is 269 g/mol. The van der Waals surface area contributed by atoms with Crippen LogP contribution in [0.5, 0.6) is 0 Å². The molecule has 0 amide bonds. The van der Waals surface area contributed by atoms with Crippen LogP contribution in [0.25, 0.3) is 10.8 Å². The predicted molar refractivity (Wildman–Crippen MR) is 83.9 cm³/mol. The van der Waals surface area contributed by atoms with E-state index in [9.17, 15) is 0 Å². The minimum absolute atomic E-state index is 0.112. The van der Waals surface area contributed by atoms with Crippen LogP contribution in [0, 0.1) is 0 Å². The molecule has 2 nitrogen and oxygen atoms in total. The molecule has 0 saturated carbocycles. The van der Waals surface area contributed by atoms with E-state index in [4.69, 9.17) is 10.5 Å². The average molecular weight is 269 g/mol. The second-order valence-electron chi connectivity index (χ2n) is 6.82. The first-order valence-corrected chi connectivity index (χ1v) is 7.35. The van der Waals surface area contributed by atoms with E-state index in [2.05, 4.69) is 56.3 Å². The van der Waals surface area contributed by atoms with Gasteiger partial charge in [0.05, 0.1) is 13.2 Å². The smallest absolute Gasteiger partial charge is 0.0585 e. The molecule has 20 heavy (non-hydrogen) atoms. The average Bonchev–Trinajstić information content (AvgIpc) is 2.36. The number of hydrogen-bond acceptors (Lipinski definition) is 2. The van der Waals surface area contributed by atoms with Crippen LogP contribution in [-0.2, 0) is 10.2 Å². The van der Waals surface area contributed by atoms with Crippen LogP contribution >= 0.6 is 0 Å². The van der Waals surface area contributed by atoms with E-state index in [-0.39, 0.29) is 11.0 Å². The summed E-state index contributed by atoms with van der Waals surface area (Å²) in [4.78, 5) is 0. The first-order chi connectivity index (χ1) is 9.49. The molecule has 0 aliphatic carbocycles. The molecule has 2 aromatic rings. The lowest BCUT2D eigenvalue weighted by Gasteiger charge is -2.43. The van der Waals surface area contributed by atoms with Crippen LogP contribution in [0.15, 0.2) is 42.5 Å². The minimum atomic E-state index is -0.112. The number of hydrogen-bond donors (Lipinski definition) is 1. The van der Waals surface area contributed by atoms with Crippen LogP contribution in [0.3, 0.4) is 0 Å². The largest absolute Gasteiger partial charge is 0.379 e. The predicted octanol–water partition coefficient (Wildman–Crippen LogP) is 3.63. The molecule has 1 saturated heterocycles. The summed E-state index contributed by atoms with van der Waals surface area (Å²) < 4.78 is 5.53. The van der Waals surface area contributed by atoms with E-state index in [0.717, 1.165) is 26.1 Å². The Hall–Kier alpha value is -1.38. The lowest BCUT2D eigenvalue weighted by molar-refractivity contribution is -0.0668. The third kappa shape index (κ3) is 2.58. The molecule has 1 aliphatic heterocycles. The highest BCUT2D eigenvalue weighted by atomic mass is 16.5. The summed E-state index contributed by atoms with van der Waals surface area (Å²) in [5, 5.41) is 2.61. The molecule has 3 rings (SSSR count). The van der Waals surface area contributed by atoms with Gasteiger partial charge in [0.25, 0.3) is 0 Å². The van der Waals surface area contributed by atoms with Gasteiger partial charge in [-0.15, -0.1) is 0 Å².